The summed E-state index contributed by atoms with van der Waals surface area (Å²) in [6, 6.07) is 20.2. The summed E-state index contributed by atoms with van der Waals surface area (Å²) in [5.41, 5.74) is 3.09. The lowest BCUT2D eigenvalue weighted by atomic mass is 10.1. The van der Waals surface area contributed by atoms with Crippen LogP contribution in [-0.4, -0.2) is 65.9 Å². The lowest BCUT2D eigenvalue weighted by Crippen LogP contribution is -2.25. The Morgan fingerprint density at radius 3 is 2.67 bits per heavy atom. The van der Waals surface area contributed by atoms with E-state index in [0.29, 0.717) is 47.6 Å². The van der Waals surface area contributed by atoms with Crippen molar-refractivity contribution >= 4 is 39.8 Å². The zero-order chi connectivity index (χ0) is 29.2. The number of carbonyl (C=O) groups excluding carboxylic acids is 1. The van der Waals surface area contributed by atoms with Crippen LogP contribution in [0.4, 0.5) is 11.4 Å². The van der Waals surface area contributed by atoms with Gasteiger partial charge >= 0.3 is 0 Å². The number of anilines is 2. The van der Waals surface area contributed by atoms with Crippen LogP contribution in [0.25, 0.3) is 16.5 Å². The summed E-state index contributed by atoms with van der Waals surface area (Å²) in [6.45, 7) is 6.88. The first-order valence-corrected chi connectivity index (χ1v) is 14.9. The molecular weight excluding hydrogens is 552 g/mol. The lowest BCUT2D eigenvalue weighted by Gasteiger charge is -2.20. The van der Waals surface area contributed by atoms with Gasteiger partial charge in [-0.1, -0.05) is 18.2 Å². The first kappa shape index (κ1) is 28.3. The molecule has 1 amide bonds. The van der Waals surface area contributed by atoms with Gasteiger partial charge in [0.25, 0.3) is 11.5 Å². The van der Waals surface area contributed by atoms with Gasteiger partial charge in [-0.25, -0.2) is 4.42 Å². The molecule has 2 aliphatic rings. The number of aliphatic hydroxyl groups is 1. The van der Waals surface area contributed by atoms with Gasteiger partial charge in [0.2, 0.25) is 0 Å². The van der Waals surface area contributed by atoms with Gasteiger partial charge in [-0.05, 0) is 98.8 Å². The Bertz CT molecular complexity index is 1670. The van der Waals surface area contributed by atoms with Crippen LogP contribution in [0.1, 0.15) is 35.2 Å². The average Bonchev–Trinajstić information content (AvgIpc) is 3.69. The molecule has 0 spiro atoms. The van der Waals surface area contributed by atoms with Crippen molar-refractivity contribution in [1.29, 1.82) is 0 Å². The largest absolute Gasteiger partial charge is 0.492 e. The topological polar surface area (TPSA) is 78.2 Å². The van der Waals surface area contributed by atoms with Gasteiger partial charge in [0, 0.05) is 48.9 Å². The van der Waals surface area contributed by atoms with Gasteiger partial charge in [0.05, 0.1) is 22.9 Å². The molecule has 8 nitrogen and oxygen atoms in total. The molecule has 2 aliphatic heterocycles. The number of hydrogen-bond acceptors (Lipinski definition) is 6. The quantitative estimate of drug-likeness (QED) is 0.288. The maximum Gasteiger partial charge on any atom is 0.272 e. The van der Waals surface area contributed by atoms with Crippen molar-refractivity contribution in [2.45, 2.75) is 32.3 Å². The summed E-state index contributed by atoms with van der Waals surface area (Å²) >= 11 is 6.61. The lowest BCUT2D eigenvalue weighted by molar-refractivity contribution is 0.101. The number of likely N-dealkylation sites (tertiary alicyclic amines) is 1. The molecule has 42 heavy (non-hydrogen) atoms. The minimum absolute atomic E-state index is 0.175. The first-order chi connectivity index (χ1) is 20.4. The highest BCUT2D eigenvalue weighted by atomic mass is 35.5. The average molecular weight is 587 g/mol. The molecule has 0 saturated carbocycles. The summed E-state index contributed by atoms with van der Waals surface area (Å²) in [5.74, 6) is 0.292. The Kier molecular flexibility index (Phi) is 8.20. The molecule has 0 aliphatic carbocycles. The van der Waals surface area contributed by atoms with Crippen LogP contribution in [0.5, 0.6) is 5.75 Å². The van der Waals surface area contributed by atoms with E-state index in [1.54, 1.807) is 41.1 Å². The number of pyridine rings is 1. The van der Waals surface area contributed by atoms with Crippen molar-refractivity contribution in [3.8, 4) is 11.4 Å². The molecule has 0 bridgehead atoms. The third-order valence-corrected chi connectivity index (χ3v) is 8.58. The van der Waals surface area contributed by atoms with E-state index in [9.17, 15) is 14.7 Å². The van der Waals surface area contributed by atoms with Crippen molar-refractivity contribution in [3.05, 3.63) is 94.4 Å². The van der Waals surface area contributed by atoms with Crippen LogP contribution in [0.3, 0.4) is 0 Å². The van der Waals surface area contributed by atoms with Gasteiger partial charge in [-0.3, -0.25) is 19.1 Å². The van der Waals surface area contributed by atoms with Crippen LogP contribution < -0.4 is 19.6 Å². The van der Waals surface area contributed by atoms with Crippen LogP contribution in [0.2, 0.25) is 0 Å². The Balaban J connectivity index is 1.24. The molecule has 2 fully saturated rings. The summed E-state index contributed by atoms with van der Waals surface area (Å²) in [6.07, 6.45) is 4.57. The smallest absolute Gasteiger partial charge is 0.272 e. The number of ether oxygens (including phenoxy) is 1. The first-order valence-electron chi connectivity index (χ1n) is 14.5. The van der Waals surface area contributed by atoms with E-state index in [2.05, 4.69) is 9.80 Å². The molecule has 9 heteroatoms. The van der Waals surface area contributed by atoms with Crippen molar-refractivity contribution in [2.75, 3.05) is 48.6 Å². The molecule has 0 unspecified atom stereocenters. The van der Waals surface area contributed by atoms with Crippen LogP contribution in [0, 0.1) is 6.92 Å². The maximum absolute atomic E-state index is 13.7. The number of rotatable bonds is 8. The third-order valence-electron chi connectivity index (χ3n) is 8.23. The second-order valence-electron chi connectivity index (χ2n) is 11.1. The van der Waals surface area contributed by atoms with Gasteiger partial charge < -0.3 is 14.7 Å². The molecule has 2 saturated heterocycles. The normalized spacial score (nSPS) is 17.2. The van der Waals surface area contributed by atoms with Crippen LogP contribution in [0.15, 0.2) is 77.7 Å². The van der Waals surface area contributed by atoms with E-state index >= 15 is 0 Å². The molecule has 1 aromatic heterocycles. The van der Waals surface area contributed by atoms with Crippen molar-refractivity contribution in [2.24, 2.45) is 0 Å². The second kappa shape index (κ2) is 12.2. The zero-order valence-corrected chi connectivity index (χ0v) is 24.5. The monoisotopic (exact) mass is 586 g/mol. The minimum Gasteiger partial charge on any atom is -0.492 e. The SMILES string of the molecule is Cc1ccc(N(Cl)C(=O)c2cccc(N3CC[C@@H](O)C3)c2)cc1-n1ccc2ccc(OCCN3CCCC3)cc2c1=O. The minimum atomic E-state index is -0.380. The highest BCUT2D eigenvalue weighted by molar-refractivity contribution is 6.39. The molecule has 1 atom stereocenters. The van der Waals surface area contributed by atoms with E-state index in [1.165, 1.54) is 12.8 Å². The summed E-state index contributed by atoms with van der Waals surface area (Å²) in [7, 11) is 0. The predicted molar refractivity (Wildman–Crippen MR) is 167 cm³/mol. The van der Waals surface area contributed by atoms with Gasteiger partial charge in [0.15, 0.2) is 0 Å². The van der Waals surface area contributed by atoms with Gasteiger partial charge in [0.1, 0.15) is 12.4 Å². The van der Waals surface area contributed by atoms with E-state index < -0.39 is 0 Å². The fourth-order valence-corrected chi connectivity index (χ4v) is 6.02. The standard InChI is InChI=1S/C33H35ClN4O4/c1-23-7-9-27(38(34)32(40)25-5-4-6-26(19-25)36-15-12-28(39)22-36)20-31(23)37-16-11-24-8-10-29(21-30(24)33(37)41)42-18-17-35-13-2-3-14-35/h4-11,16,19-21,28,39H,2-3,12-15,17-18,22H2,1H3/t28-/m1/s1. The van der Waals surface area contributed by atoms with Gasteiger partial charge in [-0.15, -0.1) is 0 Å². The molecule has 3 heterocycles. The number of halogens is 1. The number of amides is 1. The number of nitrogens with zero attached hydrogens (tertiary/aromatic N) is 4. The Hall–Kier alpha value is -3.85. The summed E-state index contributed by atoms with van der Waals surface area (Å²) < 4.78 is 8.67. The Labute approximate surface area is 250 Å². The van der Waals surface area contributed by atoms with Crippen LogP contribution in [-0.2, 0) is 0 Å². The zero-order valence-electron chi connectivity index (χ0n) is 23.7. The van der Waals surface area contributed by atoms with Gasteiger partial charge in [-0.2, -0.15) is 0 Å². The number of aryl methyl sites for hydroxylation is 1. The number of aromatic nitrogens is 1. The maximum atomic E-state index is 13.7. The van der Waals surface area contributed by atoms with Crippen molar-refractivity contribution < 1.29 is 14.6 Å². The highest BCUT2D eigenvalue weighted by Crippen LogP contribution is 2.28. The number of aliphatic hydroxyl groups excluding tert-OH is 1. The summed E-state index contributed by atoms with van der Waals surface area (Å²) in [5, 5.41) is 11.3. The highest BCUT2D eigenvalue weighted by Gasteiger charge is 2.23. The molecule has 218 valence electrons. The number of carbonyl (C=O) groups is 1. The van der Waals surface area contributed by atoms with E-state index in [-0.39, 0.29) is 17.6 Å². The van der Waals surface area contributed by atoms with E-state index in [1.807, 2.05) is 43.3 Å². The predicted octanol–water partition coefficient (Wildman–Crippen LogP) is 5.15. The van der Waals surface area contributed by atoms with E-state index in [0.717, 1.165) is 47.2 Å². The second-order valence-corrected chi connectivity index (χ2v) is 11.5. The molecule has 4 aromatic rings. The molecule has 1 N–H and O–H groups in total. The Morgan fingerprint density at radius 1 is 1.05 bits per heavy atom. The van der Waals surface area contributed by atoms with E-state index in [4.69, 9.17) is 16.5 Å². The fraction of sp³-hybridized carbons (Fsp3) is 0.333. The third kappa shape index (κ3) is 5.88. The number of benzene rings is 3. The molecule has 6 rings (SSSR count). The number of fused-ring (bicyclic) bond motifs is 1. The number of hydrogen-bond donors (Lipinski definition) is 1. The van der Waals surface area contributed by atoms with Crippen LogP contribution >= 0.6 is 11.8 Å². The van der Waals surface area contributed by atoms with Crippen molar-refractivity contribution in [3.63, 3.8) is 0 Å². The number of β-amino-alcohol motifs (C(OH)–C–C–N with tert-alkyl or cyclic N) is 1. The van der Waals surface area contributed by atoms with Crippen molar-refractivity contribution in [1.82, 2.24) is 9.47 Å². The molecular formula is C33H35ClN4O4. The summed E-state index contributed by atoms with van der Waals surface area (Å²) in [4.78, 5) is 31.6. The fourth-order valence-electron chi connectivity index (χ4n) is 5.82. The molecule has 0 radical (unpaired) electrons. The Morgan fingerprint density at radius 2 is 1.88 bits per heavy atom. The molecule has 3 aromatic carbocycles.